The molecule has 0 N–H and O–H groups in total. The monoisotopic (exact) mass is 576 g/mol. The van der Waals surface area contributed by atoms with Crippen LogP contribution in [0.3, 0.4) is 0 Å². The lowest BCUT2D eigenvalue weighted by atomic mass is 28.6. The fourth-order valence-corrected chi connectivity index (χ4v) is 203. The quantitative estimate of drug-likeness (QED) is 0.265. The van der Waals surface area contributed by atoms with Gasteiger partial charge in [0.05, 0.1) is 0 Å². The Kier molecular flexibility index (Phi) is 19.8. The SMILES string of the molecule is [PH]P([PH])P(P(P)P)P(P(P)P)P(P(P)P)P(P)P. The zero-order valence-electron chi connectivity index (χ0n) is 9.20. The molecule has 0 nitrogen and oxygen atoms in total. The maximum atomic E-state index is 3.93. The summed E-state index contributed by atoms with van der Waals surface area (Å²) in [5, 5.41) is 0. The highest BCUT2D eigenvalue weighted by molar-refractivity contribution is 9.33. The maximum Gasteiger partial charge on any atom is -0.00279 e. The molecule has 0 fully saturated rings. The van der Waals surface area contributed by atoms with Gasteiger partial charge in [-0.3, -0.25) is 0 Å². The van der Waals surface area contributed by atoms with Crippen LogP contribution in [0.2, 0.25) is 0 Å². The first kappa shape index (κ1) is 25.7. The van der Waals surface area contributed by atoms with Crippen LogP contribution in [0.1, 0.15) is 0 Å². The summed E-state index contributed by atoms with van der Waals surface area (Å²) >= 11 is 0. The first-order chi connectivity index (χ1) is 8.11. The van der Waals surface area contributed by atoms with Gasteiger partial charge >= 0.3 is 0 Å². The van der Waals surface area contributed by atoms with E-state index in [0.717, 1.165) is 0 Å². The number of rotatable bonds is 7. The van der Waals surface area contributed by atoms with E-state index in [2.05, 4.69) is 89.3 Å². The average Bonchev–Trinajstić information content (AvgIpc) is 2.13. The van der Waals surface area contributed by atoms with Crippen LogP contribution < -0.4 is 0 Å². The van der Waals surface area contributed by atoms with Crippen LogP contribution in [-0.4, -0.2) is 0 Å². The van der Waals surface area contributed by atoms with Crippen molar-refractivity contribution in [3.8, 4) is 0 Å². The lowest BCUT2D eigenvalue weighted by Gasteiger charge is -2.43. The molecule has 10 unspecified atom stereocenters. The normalized spacial score (nSPS) is 13.7. The van der Waals surface area contributed by atoms with Crippen molar-refractivity contribution in [1.82, 2.24) is 0 Å². The van der Waals surface area contributed by atoms with E-state index in [9.17, 15) is 0 Å². The Morgan fingerprint density at radius 2 is 0.722 bits per heavy atom. The van der Waals surface area contributed by atoms with Gasteiger partial charge in [-0.15, -0.1) is 71.4 Å². The summed E-state index contributed by atoms with van der Waals surface area (Å²) in [5.74, 6) is 0. The van der Waals surface area contributed by atoms with Crippen LogP contribution in [-0.2, 0) is 0 Å². The van der Waals surface area contributed by atoms with Gasteiger partial charge < -0.3 is 0 Å². The second-order valence-corrected chi connectivity index (χ2v) is 71.2. The lowest BCUT2D eigenvalue weighted by molar-refractivity contribution is 4.52. The molecular weight excluding hydrogens is 558 g/mol. The molecule has 0 saturated carbocycles. The fraction of sp³-hybridized carbons (Fsp3) is 0. The van der Waals surface area contributed by atoms with Crippen LogP contribution in [0.15, 0.2) is 0 Å². The fourth-order valence-electron chi connectivity index (χ4n) is 0.836. The molecule has 0 aliphatic carbocycles. The predicted molar refractivity (Wildman–Crippen MR) is 150 cm³/mol. The Hall–Kier alpha value is 7.74. The largest absolute Gasteiger partial charge is 0.102 e. The third-order valence-electron chi connectivity index (χ3n) is 1.33. The summed E-state index contributed by atoms with van der Waals surface area (Å²) in [7, 11) is 32.7. The van der Waals surface area contributed by atoms with Crippen LogP contribution in [0, 0.1) is 0 Å². The molecule has 0 rings (SSSR count). The number of hydrogen-bond acceptors (Lipinski definition) is 0. The molecule has 0 aromatic heterocycles. The average molecular weight is 576 g/mol. The van der Waals surface area contributed by atoms with Gasteiger partial charge in [0.15, 0.2) is 0 Å². The highest BCUT2D eigenvalue weighted by Crippen LogP contribution is 3.28. The van der Waals surface area contributed by atoms with E-state index in [1.807, 2.05) is 0 Å². The van der Waals surface area contributed by atoms with Gasteiger partial charge in [0.2, 0.25) is 0 Å². The molecule has 0 heterocycles. The Labute approximate surface area is 144 Å². The Balaban J connectivity index is 5.37. The maximum absolute atomic E-state index is 3.93. The van der Waals surface area contributed by atoms with Crippen molar-refractivity contribution in [2.75, 3.05) is 0 Å². The molecule has 0 saturated heterocycles. The van der Waals surface area contributed by atoms with Gasteiger partial charge in [-0.25, -0.2) is 0 Å². The van der Waals surface area contributed by atoms with E-state index < -0.39 is 0 Å². The smallest absolute Gasteiger partial charge is 0.00279 e. The lowest BCUT2D eigenvalue weighted by Crippen LogP contribution is -1.54. The summed E-state index contributed by atoms with van der Waals surface area (Å²) in [6.07, 6.45) is 0. The van der Waals surface area contributed by atoms with E-state index in [1.165, 1.54) is 0 Å². The third kappa shape index (κ3) is 9.61. The minimum absolute atomic E-state index is 0.00593. The van der Waals surface area contributed by atoms with Gasteiger partial charge in [0.1, 0.15) is 0 Å². The molecule has 0 bridgehead atoms. The van der Waals surface area contributed by atoms with Crippen molar-refractivity contribution in [2.45, 2.75) is 0 Å². The molecule has 0 aliphatic heterocycles. The van der Waals surface area contributed by atoms with E-state index >= 15 is 0 Å². The van der Waals surface area contributed by atoms with Crippen molar-refractivity contribution in [2.24, 2.45) is 0 Å². The van der Waals surface area contributed by atoms with Gasteiger partial charge in [-0.05, 0) is 55.9 Å². The van der Waals surface area contributed by atoms with E-state index in [4.69, 9.17) is 0 Å². The minimum Gasteiger partial charge on any atom is -0.102 e. The standard InChI is InChI=1S/H18P18/c1-11(2)16(12(3)4)18(15(9)10)17(13(5)6)14(7)8/h1-2H,3-10H2. The molecule has 18 heavy (non-hydrogen) atoms. The molecule has 10 atom stereocenters. The topological polar surface area (TPSA) is 0 Å². The van der Waals surface area contributed by atoms with Crippen molar-refractivity contribution in [3.63, 3.8) is 0 Å². The van der Waals surface area contributed by atoms with Crippen LogP contribution in [0.4, 0.5) is 0 Å². The third-order valence-corrected chi connectivity index (χ3v) is 107. The molecule has 0 aromatic rings. The second kappa shape index (κ2) is 13.8. The summed E-state index contributed by atoms with van der Waals surface area (Å²) in [5.41, 5.74) is 0. The van der Waals surface area contributed by atoms with Crippen molar-refractivity contribution < 1.29 is 0 Å². The first-order valence-electron chi connectivity index (χ1n) is 3.91. The van der Waals surface area contributed by atoms with Crippen molar-refractivity contribution in [3.05, 3.63) is 0 Å². The summed E-state index contributed by atoms with van der Waals surface area (Å²) in [6.45, 7) is 0.150. The molecule has 0 amide bonds. The molecule has 18 heteroatoms. The van der Waals surface area contributed by atoms with Gasteiger partial charge in [0.25, 0.3) is 0 Å². The molecule has 0 spiro atoms. The minimum atomic E-state index is -0.176. The predicted octanol–water partition coefficient (Wildman–Crippen LogP) is 10.7. The van der Waals surface area contributed by atoms with Crippen molar-refractivity contribution >= 4 is 145 Å². The van der Waals surface area contributed by atoms with Crippen LogP contribution in [0.25, 0.3) is 0 Å². The number of hydrogen-bond donors (Lipinski definition) is 0. The highest BCUT2D eigenvalue weighted by atomic mass is 33.4. The van der Waals surface area contributed by atoms with Crippen molar-refractivity contribution in [1.29, 1.82) is 0 Å². The molecule has 0 aliphatic rings. The van der Waals surface area contributed by atoms with Gasteiger partial charge in [-0.1, -0.05) is 17.9 Å². The molecule has 0 aromatic carbocycles. The molecule has 108 valence electrons. The van der Waals surface area contributed by atoms with Crippen LogP contribution >= 0.6 is 145 Å². The summed E-state index contributed by atoms with van der Waals surface area (Å²) in [6, 6.07) is 0. The van der Waals surface area contributed by atoms with Gasteiger partial charge in [0, 0.05) is 0 Å². The zero-order chi connectivity index (χ0) is 14.6. The van der Waals surface area contributed by atoms with Crippen LogP contribution in [0.5, 0.6) is 0 Å². The molecule has 2 radical (unpaired) electrons. The Bertz CT molecular complexity index is 174. The molecular formula is H18P18. The first-order valence-corrected chi connectivity index (χ1v) is 35.2. The zero-order valence-corrected chi connectivity index (χ0v) is 27.6. The van der Waals surface area contributed by atoms with Gasteiger partial charge in [-0.2, -0.15) is 0 Å². The van der Waals surface area contributed by atoms with E-state index in [-0.39, 0.29) is 55.9 Å². The van der Waals surface area contributed by atoms with E-state index in [0.29, 0.717) is 0 Å². The second-order valence-electron chi connectivity index (χ2n) is 2.64. The summed E-state index contributed by atoms with van der Waals surface area (Å²) < 4.78 is 0. The highest BCUT2D eigenvalue weighted by Gasteiger charge is 2.39. The Morgan fingerprint density at radius 3 is 0.889 bits per heavy atom. The summed E-state index contributed by atoms with van der Waals surface area (Å²) in [4.78, 5) is 0. The Morgan fingerprint density at radius 1 is 0.444 bits per heavy atom. The van der Waals surface area contributed by atoms with E-state index in [1.54, 1.807) is 0 Å².